The van der Waals surface area contributed by atoms with E-state index in [9.17, 15) is 9.90 Å². The third-order valence-electron chi connectivity index (χ3n) is 2.31. The van der Waals surface area contributed by atoms with Crippen LogP contribution in [0.15, 0.2) is 0 Å². The van der Waals surface area contributed by atoms with E-state index in [0.29, 0.717) is 18.2 Å². The van der Waals surface area contributed by atoms with Crippen molar-refractivity contribution in [3.63, 3.8) is 0 Å². The molecule has 1 aliphatic rings. The smallest absolute Gasteiger partial charge is 0.172 e. The summed E-state index contributed by atoms with van der Waals surface area (Å²) in [6.45, 7) is 2.10. The molecule has 1 saturated carbocycles. The predicted octanol–water partition coefficient (Wildman–Crippen LogP) is 0.349. The third kappa shape index (κ3) is 1.68. The molecule has 1 heterocycles. The molecule has 76 valence electrons. The topological polar surface area (TPSA) is 68.0 Å². The quantitative estimate of drug-likeness (QED) is 0.704. The standard InChI is InChI=1S/C9H13N3O2/c1-6(14)4-12-9(7-2-3-7)8(5-13)10-11-12/h5-7,14H,2-4H2,1H3. The summed E-state index contributed by atoms with van der Waals surface area (Å²) >= 11 is 0. The number of aldehydes is 1. The lowest BCUT2D eigenvalue weighted by molar-refractivity contribution is 0.111. The Labute approximate surface area is 81.7 Å². The van der Waals surface area contributed by atoms with E-state index in [1.807, 2.05) is 0 Å². The highest BCUT2D eigenvalue weighted by Crippen LogP contribution is 2.40. The molecule has 2 rings (SSSR count). The molecule has 14 heavy (non-hydrogen) atoms. The van der Waals surface area contributed by atoms with Gasteiger partial charge in [-0.25, -0.2) is 4.68 Å². The van der Waals surface area contributed by atoms with Crippen molar-refractivity contribution in [3.05, 3.63) is 11.4 Å². The van der Waals surface area contributed by atoms with Gasteiger partial charge in [-0.2, -0.15) is 0 Å². The monoisotopic (exact) mass is 195 g/mol. The molecule has 0 amide bonds. The summed E-state index contributed by atoms with van der Waals surface area (Å²) in [6, 6.07) is 0. The zero-order valence-corrected chi connectivity index (χ0v) is 8.05. The molecule has 0 bridgehead atoms. The maximum absolute atomic E-state index is 10.7. The Morgan fingerprint density at radius 3 is 2.93 bits per heavy atom. The van der Waals surface area contributed by atoms with E-state index in [2.05, 4.69) is 10.3 Å². The Morgan fingerprint density at radius 1 is 1.71 bits per heavy atom. The number of carbonyl (C=O) groups excluding carboxylic acids is 1. The first-order chi connectivity index (χ1) is 6.72. The summed E-state index contributed by atoms with van der Waals surface area (Å²) in [5, 5.41) is 16.9. The van der Waals surface area contributed by atoms with Crippen molar-refractivity contribution in [1.29, 1.82) is 0 Å². The lowest BCUT2D eigenvalue weighted by atomic mass is 10.2. The third-order valence-corrected chi connectivity index (χ3v) is 2.31. The number of aliphatic hydroxyl groups is 1. The highest BCUT2D eigenvalue weighted by molar-refractivity contribution is 5.73. The van der Waals surface area contributed by atoms with Crippen LogP contribution < -0.4 is 0 Å². The van der Waals surface area contributed by atoms with Crippen LogP contribution in [0.2, 0.25) is 0 Å². The van der Waals surface area contributed by atoms with Crippen LogP contribution >= 0.6 is 0 Å². The van der Waals surface area contributed by atoms with Gasteiger partial charge < -0.3 is 5.11 Å². The largest absolute Gasteiger partial charge is 0.391 e. The normalized spacial score (nSPS) is 18.1. The van der Waals surface area contributed by atoms with Gasteiger partial charge in [0.2, 0.25) is 0 Å². The maximum atomic E-state index is 10.7. The van der Waals surface area contributed by atoms with Crippen molar-refractivity contribution >= 4 is 6.29 Å². The molecule has 5 nitrogen and oxygen atoms in total. The number of hydrogen-bond acceptors (Lipinski definition) is 4. The molecule has 0 aliphatic heterocycles. The second-order valence-electron chi connectivity index (χ2n) is 3.78. The van der Waals surface area contributed by atoms with Crippen LogP contribution in [-0.4, -0.2) is 32.5 Å². The molecule has 1 aromatic rings. The van der Waals surface area contributed by atoms with Crippen molar-refractivity contribution in [1.82, 2.24) is 15.0 Å². The van der Waals surface area contributed by atoms with E-state index in [0.717, 1.165) is 24.8 Å². The molecular weight excluding hydrogens is 182 g/mol. The van der Waals surface area contributed by atoms with Gasteiger partial charge in [0, 0.05) is 5.92 Å². The molecular formula is C9H13N3O2. The van der Waals surface area contributed by atoms with Gasteiger partial charge in [0.1, 0.15) is 5.69 Å². The molecule has 0 saturated heterocycles. The highest BCUT2D eigenvalue weighted by Gasteiger charge is 2.31. The Balaban J connectivity index is 2.29. The van der Waals surface area contributed by atoms with Gasteiger partial charge >= 0.3 is 0 Å². The lowest BCUT2D eigenvalue weighted by Crippen LogP contribution is -2.15. The number of hydrogen-bond donors (Lipinski definition) is 1. The summed E-state index contributed by atoms with van der Waals surface area (Å²) in [5.41, 5.74) is 1.31. The fourth-order valence-corrected chi connectivity index (χ4v) is 1.58. The number of aliphatic hydroxyl groups excluding tert-OH is 1. The van der Waals surface area contributed by atoms with E-state index in [-0.39, 0.29) is 0 Å². The Kier molecular flexibility index (Phi) is 2.33. The van der Waals surface area contributed by atoms with Crippen LogP contribution in [-0.2, 0) is 6.54 Å². The number of rotatable bonds is 4. The Morgan fingerprint density at radius 2 is 2.43 bits per heavy atom. The molecule has 1 N–H and O–H groups in total. The van der Waals surface area contributed by atoms with E-state index in [1.54, 1.807) is 11.6 Å². The average molecular weight is 195 g/mol. The van der Waals surface area contributed by atoms with Crippen LogP contribution in [0.1, 0.15) is 41.9 Å². The van der Waals surface area contributed by atoms with Crippen LogP contribution in [0.5, 0.6) is 0 Å². The first kappa shape index (κ1) is 9.33. The minimum absolute atomic E-state index is 0.409. The lowest BCUT2D eigenvalue weighted by Gasteiger charge is -2.07. The van der Waals surface area contributed by atoms with Gasteiger partial charge in [-0.15, -0.1) is 5.10 Å². The molecule has 0 radical (unpaired) electrons. The SMILES string of the molecule is CC(O)Cn1nnc(C=O)c1C1CC1. The van der Waals surface area contributed by atoms with Crippen LogP contribution in [0, 0.1) is 0 Å². The highest BCUT2D eigenvalue weighted by atomic mass is 16.3. The zero-order chi connectivity index (χ0) is 10.1. The predicted molar refractivity (Wildman–Crippen MR) is 49.1 cm³/mol. The molecule has 1 unspecified atom stereocenters. The minimum Gasteiger partial charge on any atom is -0.391 e. The van der Waals surface area contributed by atoms with E-state index in [4.69, 9.17) is 0 Å². The Bertz CT molecular complexity index is 342. The minimum atomic E-state index is -0.464. The van der Waals surface area contributed by atoms with Crippen molar-refractivity contribution in [3.8, 4) is 0 Å². The maximum Gasteiger partial charge on any atom is 0.172 e. The van der Waals surface area contributed by atoms with Gasteiger partial charge in [-0.3, -0.25) is 4.79 Å². The van der Waals surface area contributed by atoms with Crippen molar-refractivity contribution < 1.29 is 9.90 Å². The second kappa shape index (κ2) is 3.49. The number of aromatic nitrogens is 3. The van der Waals surface area contributed by atoms with Crippen molar-refractivity contribution in [2.24, 2.45) is 0 Å². The van der Waals surface area contributed by atoms with E-state index < -0.39 is 6.10 Å². The molecule has 1 atom stereocenters. The van der Waals surface area contributed by atoms with Crippen molar-refractivity contribution in [2.75, 3.05) is 0 Å². The first-order valence-electron chi connectivity index (χ1n) is 4.79. The molecule has 5 heteroatoms. The molecule has 0 aromatic carbocycles. The average Bonchev–Trinajstić information content (AvgIpc) is 2.88. The fourth-order valence-electron chi connectivity index (χ4n) is 1.58. The van der Waals surface area contributed by atoms with Gasteiger partial charge in [0.05, 0.1) is 18.3 Å². The number of nitrogens with zero attached hydrogens (tertiary/aromatic N) is 3. The summed E-state index contributed by atoms with van der Waals surface area (Å²) in [6.07, 6.45) is 2.45. The van der Waals surface area contributed by atoms with E-state index in [1.165, 1.54) is 0 Å². The molecule has 1 fully saturated rings. The van der Waals surface area contributed by atoms with Gasteiger partial charge in [-0.1, -0.05) is 5.21 Å². The summed E-state index contributed by atoms with van der Waals surface area (Å²) < 4.78 is 1.64. The molecule has 0 spiro atoms. The van der Waals surface area contributed by atoms with Crippen molar-refractivity contribution in [2.45, 2.75) is 38.3 Å². The summed E-state index contributed by atoms with van der Waals surface area (Å²) in [4.78, 5) is 10.7. The Hall–Kier alpha value is -1.23. The molecule has 1 aliphatic carbocycles. The van der Waals surface area contributed by atoms with Gasteiger partial charge in [-0.05, 0) is 19.8 Å². The summed E-state index contributed by atoms with van der Waals surface area (Å²) in [5.74, 6) is 0.420. The van der Waals surface area contributed by atoms with Gasteiger partial charge in [0.25, 0.3) is 0 Å². The second-order valence-corrected chi connectivity index (χ2v) is 3.78. The van der Waals surface area contributed by atoms with Crippen LogP contribution in [0.4, 0.5) is 0 Å². The van der Waals surface area contributed by atoms with Crippen LogP contribution in [0.25, 0.3) is 0 Å². The summed E-state index contributed by atoms with van der Waals surface area (Å²) in [7, 11) is 0. The fraction of sp³-hybridized carbons (Fsp3) is 0.667. The molecule has 1 aromatic heterocycles. The van der Waals surface area contributed by atoms with Crippen LogP contribution in [0.3, 0.4) is 0 Å². The first-order valence-corrected chi connectivity index (χ1v) is 4.79. The van der Waals surface area contributed by atoms with E-state index >= 15 is 0 Å². The number of carbonyl (C=O) groups is 1. The van der Waals surface area contributed by atoms with Gasteiger partial charge in [0.15, 0.2) is 6.29 Å². The zero-order valence-electron chi connectivity index (χ0n) is 8.05.